The van der Waals surface area contributed by atoms with Crippen LogP contribution in [0.5, 0.6) is 5.75 Å². The number of amides is 5. The summed E-state index contributed by atoms with van der Waals surface area (Å²) < 4.78 is 0. The molecule has 0 aromatic heterocycles. The number of nitrogens with one attached hydrogen (secondary N) is 5. The van der Waals surface area contributed by atoms with Crippen molar-refractivity contribution < 1.29 is 29.1 Å². The summed E-state index contributed by atoms with van der Waals surface area (Å²) in [6.45, 7) is 1.77. The fraction of sp³-hybridized carbons (Fsp3) is 0.575. The molecule has 1 heterocycles. The van der Waals surface area contributed by atoms with Gasteiger partial charge in [0.25, 0.3) is 0 Å². The van der Waals surface area contributed by atoms with E-state index in [1.54, 1.807) is 18.2 Å². The molecule has 1 aliphatic heterocycles. The average molecular weight is 796 g/mol. The number of carbonyl (C=O) groups excluding carboxylic acids is 5. The average Bonchev–Trinajstić information content (AvgIpc) is 3.18. The van der Waals surface area contributed by atoms with Crippen LogP contribution < -0.4 is 61.0 Å². The van der Waals surface area contributed by atoms with Gasteiger partial charge in [0.15, 0.2) is 0 Å². The SMILES string of the molecule is NCCC[C@H](N)CNC(=O)C[C@@H](N)CCCNC(=O)[C@H](CCCN)NC(=O)C[C@@H]1Cc2cccc(c2)-c2ccc(O)c(c2)C[C@H](N)C(=O)N[C@@H](CCCN)C(=O)N1. The Hall–Kier alpha value is -4.65. The molecule has 4 bridgehead atoms. The first-order valence-electron chi connectivity index (χ1n) is 20.1. The van der Waals surface area contributed by atoms with Crippen molar-refractivity contribution >= 4 is 29.5 Å². The van der Waals surface area contributed by atoms with Crippen LogP contribution >= 0.6 is 0 Å². The molecule has 17 heteroatoms. The zero-order valence-corrected chi connectivity index (χ0v) is 33.0. The zero-order valence-electron chi connectivity index (χ0n) is 33.0. The lowest BCUT2D eigenvalue weighted by Gasteiger charge is -2.25. The van der Waals surface area contributed by atoms with Crippen LogP contribution in [0.1, 0.15) is 75.3 Å². The summed E-state index contributed by atoms with van der Waals surface area (Å²) >= 11 is 0. The monoisotopic (exact) mass is 796 g/mol. The highest BCUT2D eigenvalue weighted by molar-refractivity contribution is 5.91. The Labute approximate surface area is 335 Å². The molecular weight excluding hydrogens is 731 g/mol. The number of hydrogen-bond acceptors (Lipinski definition) is 12. The molecule has 0 unspecified atom stereocenters. The topological polar surface area (TPSA) is 322 Å². The van der Waals surface area contributed by atoms with Crippen LogP contribution in [0, 0.1) is 0 Å². The maximum atomic E-state index is 13.8. The van der Waals surface area contributed by atoms with Crippen molar-refractivity contribution in [3.8, 4) is 16.9 Å². The van der Waals surface area contributed by atoms with Gasteiger partial charge in [-0.3, -0.25) is 24.0 Å². The van der Waals surface area contributed by atoms with Crippen LogP contribution in [0.2, 0.25) is 0 Å². The molecule has 0 fully saturated rings. The first-order chi connectivity index (χ1) is 27.3. The van der Waals surface area contributed by atoms with Gasteiger partial charge in [-0.1, -0.05) is 30.3 Å². The van der Waals surface area contributed by atoms with Crippen molar-refractivity contribution in [2.75, 3.05) is 32.7 Å². The summed E-state index contributed by atoms with van der Waals surface area (Å²) in [5.74, 6) is -2.12. The van der Waals surface area contributed by atoms with Gasteiger partial charge in [0, 0.05) is 50.5 Å². The number of aromatic hydroxyl groups is 1. The Kier molecular flexibility index (Phi) is 20.4. The predicted molar refractivity (Wildman–Crippen MR) is 220 cm³/mol. The second-order valence-corrected chi connectivity index (χ2v) is 14.9. The third kappa shape index (κ3) is 16.8. The highest BCUT2D eigenvalue weighted by Crippen LogP contribution is 2.28. The van der Waals surface area contributed by atoms with E-state index in [0.717, 1.165) is 29.5 Å². The van der Waals surface area contributed by atoms with Crippen LogP contribution in [0.4, 0.5) is 0 Å². The Morgan fingerprint density at radius 3 is 2.23 bits per heavy atom. The molecule has 0 saturated heterocycles. The number of fused-ring (bicyclic) bond motifs is 5. The molecule has 2 aromatic carbocycles. The molecule has 0 spiro atoms. The van der Waals surface area contributed by atoms with Crippen LogP contribution in [0.15, 0.2) is 42.5 Å². The lowest BCUT2D eigenvalue weighted by Crippen LogP contribution is -2.55. The second-order valence-electron chi connectivity index (χ2n) is 14.9. The highest BCUT2D eigenvalue weighted by atomic mass is 16.3. The van der Waals surface area contributed by atoms with Gasteiger partial charge in [-0.05, 0) is 112 Å². The van der Waals surface area contributed by atoms with E-state index in [-0.39, 0.29) is 68.8 Å². The molecule has 0 saturated carbocycles. The smallest absolute Gasteiger partial charge is 0.242 e. The van der Waals surface area contributed by atoms with Crippen LogP contribution in [-0.2, 0) is 36.8 Å². The zero-order chi connectivity index (χ0) is 41.7. The molecule has 2 aromatic rings. The Morgan fingerprint density at radius 2 is 1.49 bits per heavy atom. The van der Waals surface area contributed by atoms with Gasteiger partial charge < -0.3 is 66.1 Å². The minimum absolute atomic E-state index is 0.00156. The summed E-state index contributed by atoms with van der Waals surface area (Å²) in [6.07, 6.45) is 4.20. The van der Waals surface area contributed by atoms with E-state index < -0.39 is 47.9 Å². The van der Waals surface area contributed by atoms with Crippen LogP contribution in [-0.4, -0.2) is 104 Å². The first-order valence-corrected chi connectivity index (χ1v) is 20.1. The Balaban J connectivity index is 1.69. The normalized spacial score (nSPS) is 18.8. The Morgan fingerprint density at radius 1 is 0.789 bits per heavy atom. The van der Waals surface area contributed by atoms with Gasteiger partial charge in [0.1, 0.15) is 17.8 Å². The predicted octanol–water partition coefficient (Wildman–Crippen LogP) is -1.40. The third-order valence-electron chi connectivity index (χ3n) is 9.89. The molecule has 18 N–H and O–H groups in total. The van der Waals surface area contributed by atoms with Crippen molar-refractivity contribution in [3.63, 3.8) is 0 Å². The number of rotatable bonds is 21. The van der Waals surface area contributed by atoms with E-state index in [9.17, 15) is 29.1 Å². The summed E-state index contributed by atoms with van der Waals surface area (Å²) in [7, 11) is 0. The molecule has 0 aliphatic carbocycles. The van der Waals surface area contributed by atoms with Crippen LogP contribution in [0.3, 0.4) is 0 Å². The third-order valence-corrected chi connectivity index (χ3v) is 9.89. The first kappa shape index (κ1) is 46.7. The largest absolute Gasteiger partial charge is 0.508 e. The van der Waals surface area contributed by atoms with Crippen molar-refractivity contribution in [2.24, 2.45) is 34.4 Å². The number of carbonyl (C=O) groups is 5. The van der Waals surface area contributed by atoms with E-state index in [1.807, 2.05) is 24.3 Å². The van der Waals surface area contributed by atoms with Crippen molar-refractivity contribution in [2.45, 2.75) is 113 Å². The molecule has 6 atom stereocenters. The molecule has 0 radical (unpaired) electrons. The minimum atomic E-state index is -1.06. The maximum absolute atomic E-state index is 13.8. The van der Waals surface area contributed by atoms with Crippen LogP contribution in [0.25, 0.3) is 11.1 Å². The van der Waals surface area contributed by atoms with Gasteiger partial charge >= 0.3 is 0 Å². The van der Waals surface area contributed by atoms with Gasteiger partial charge in [0.2, 0.25) is 29.5 Å². The minimum Gasteiger partial charge on any atom is -0.508 e. The lowest BCUT2D eigenvalue weighted by molar-refractivity contribution is -0.131. The molecule has 17 nitrogen and oxygen atoms in total. The van der Waals surface area contributed by atoms with Crippen molar-refractivity contribution in [1.29, 1.82) is 0 Å². The van der Waals surface area contributed by atoms with E-state index in [4.69, 9.17) is 34.4 Å². The van der Waals surface area contributed by atoms with E-state index >= 15 is 0 Å². The van der Waals surface area contributed by atoms with Gasteiger partial charge in [-0.15, -0.1) is 0 Å². The van der Waals surface area contributed by atoms with Crippen molar-refractivity contribution in [3.05, 3.63) is 53.6 Å². The molecule has 3 rings (SSSR count). The number of benzene rings is 2. The maximum Gasteiger partial charge on any atom is 0.242 e. The number of hydrogen-bond donors (Lipinski definition) is 12. The quantitative estimate of drug-likeness (QED) is 0.0650. The molecule has 1 aliphatic rings. The van der Waals surface area contributed by atoms with E-state index in [2.05, 4.69) is 26.6 Å². The summed E-state index contributed by atoms with van der Waals surface area (Å²) in [6, 6.07) is 8.48. The standard InChI is InChI=1S/C40H65N11O6/c41-14-2-8-30(45)24-48-36(53)22-29(44)9-5-17-47-39(56)33(10-3-15-42)50-37(54)23-31-19-25-6-1-7-26(18-25)27-12-13-35(52)28(20-27)21-32(46)38(55)51-34(11-4-16-43)40(57)49-31/h1,6-7,12-13,18,20,29-34,52H,2-5,8-11,14-17,19,21-24,41-46H2,(H,47,56)(H,48,53)(H,49,57)(H,50,54)(H,51,55)/t29-,30-,31-,32-,33-,34-/m0/s1. The van der Waals surface area contributed by atoms with E-state index in [0.29, 0.717) is 57.3 Å². The highest BCUT2D eigenvalue weighted by Gasteiger charge is 2.29. The number of nitrogens with two attached hydrogens (primary N) is 6. The molecular formula is C40H65N11O6. The summed E-state index contributed by atoms with van der Waals surface area (Å²) in [4.78, 5) is 66.2. The molecule has 5 amide bonds. The Bertz CT molecular complexity index is 1610. The molecule has 316 valence electrons. The molecule has 57 heavy (non-hydrogen) atoms. The van der Waals surface area contributed by atoms with E-state index in [1.165, 1.54) is 0 Å². The fourth-order valence-electron chi connectivity index (χ4n) is 6.67. The fourth-order valence-corrected chi connectivity index (χ4v) is 6.67. The number of phenolic OH excluding ortho intramolecular Hbond substituents is 1. The second kappa shape index (κ2) is 24.9. The number of phenols is 1. The summed E-state index contributed by atoms with van der Waals surface area (Å²) in [5.41, 5.74) is 38.4. The van der Waals surface area contributed by atoms with Gasteiger partial charge in [-0.2, -0.15) is 0 Å². The van der Waals surface area contributed by atoms with Gasteiger partial charge in [0.05, 0.1) is 6.04 Å². The van der Waals surface area contributed by atoms with Gasteiger partial charge in [-0.25, -0.2) is 0 Å². The van der Waals surface area contributed by atoms with Crippen molar-refractivity contribution in [1.82, 2.24) is 26.6 Å². The summed E-state index contributed by atoms with van der Waals surface area (Å²) in [5, 5.41) is 24.8. The lowest BCUT2D eigenvalue weighted by atomic mass is 9.95.